The Hall–Kier alpha value is -3.78. The second-order valence-electron chi connectivity index (χ2n) is 6.90. The zero-order valence-corrected chi connectivity index (χ0v) is 19.5. The van der Waals surface area contributed by atoms with Crippen molar-refractivity contribution in [3.63, 3.8) is 0 Å². The molecule has 3 rings (SSSR count). The molecule has 35 heavy (non-hydrogen) atoms. The summed E-state index contributed by atoms with van der Waals surface area (Å²) in [5.74, 6) is -2.97. The van der Waals surface area contributed by atoms with E-state index in [0.29, 0.717) is 6.07 Å². The number of benzene rings is 1. The fourth-order valence-corrected chi connectivity index (χ4v) is 3.80. The molecule has 1 aromatic carbocycles. The molecule has 0 aliphatic carbocycles. The van der Waals surface area contributed by atoms with Gasteiger partial charge in [0.2, 0.25) is 0 Å². The molecule has 15 heteroatoms. The molecule has 1 atom stereocenters. The number of aromatic hydroxyl groups is 1. The van der Waals surface area contributed by atoms with Crippen molar-refractivity contribution < 1.29 is 32.7 Å². The van der Waals surface area contributed by atoms with Gasteiger partial charge in [0, 0.05) is 12.7 Å². The van der Waals surface area contributed by atoms with Gasteiger partial charge in [0.05, 0.1) is 22.8 Å². The highest BCUT2D eigenvalue weighted by molar-refractivity contribution is 7.13. The minimum atomic E-state index is -4.69. The van der Waals surface area contributed by atoms with Gasteiger partial charge in [-0.05, 0) is 25.1 Å². The van der Waals surface area contributed by atoms with E-state index in [9.17, 15) is 32.7 Å². The van der Waals surface area contributed by atoms with Crippen LogP contribution in [0.4, 0.5) is 18.9 Å². The zero-order chi connectivity index (χ0) is 25.9. The lowest BCUT2D eigenvalue weighted by Crippen LogP contribution is -2.28. The second kappa shape index (κ2) is 10.2. The SMILES string of the molecule is CNC(=O)c1ncnc(C(=O)N[C@H](C)c2ncc(C(=O)Nc3ccc(Cl)c(C(F)(F)F)c3)s2)c1O. The first kappa shape index (κ1) is 25.8. The molecular formula is C20H16ClF3N6O4S. The fraction of sp³-hybridized carbons (Fsp3) is 0.200. The summed E-state index contributed by atoms with van der Waals surface area (Å²) in [5.41, 5.74) is -2.03. The maximum Gasteiger partial charge on any atom is 0.417 e. The molecule has 2 heterocycles. The van der Waals surface area contributed by atoms with Crippen molar-refractivity contribution >= 4 is 46.3 Å². The van der Waals surface area contributed by atoms with E-state index in [4.69, 9.17) is 11.6 Å². The molecule has 0 aliphatic rings. The highest BCUT2D eigenvalue weighted by Gasteiger charge is 2.33. The van der Waals surface area contributed by atoms with Gasteiger partial charge in [-0.15, -0.1) is 11.3 Å². The number of halogens is 4. The monoisotopic (exact) mass is 528 g/mol. The number of hydrogen-bond donors (Lipinski definition) is 4. The Kier molecular flexibility index (Phi) is 7.55. The Morgan fingerprint density at radius 2 is 1.74 bits per heavy atom. The lowest BCUT2D eigenvalue weighted by Gasteiger charge is -2.12. The summed E-state index contributed by atoms with van der Waals surface area (Å²) in [6, 6.07) is 2.21. The Bertz CT molecular complexity index is 1300. The Balaban J connectivity index is 1.71. The van der Waals surface area contributed by atoms with Crippen LogP contribution in [0.15, 0.2) is 30.7 Å². The van der Waals surface area contributed by atoms with Crippen molar-refractivity contribution in [2.75, 3.05) is 12.4 Å². The summed E-state index contributed by atoms with van der Waals surface area (Å²) in [6.07, 6.45) is -2.55. The van der Waals surface area contributed by atoms with Crippen molar-refractivity contribution in [3.05, 3.63) is 62.6 Å². The number of amides is 3. The molecule has 0 bridgehead atoms. The minimum Gasteiger partial charge on any atom is -0.504 e. The number of carbonyl (C=O) groups excluding carboxylic acids is 3. The molecule has 0 radical (unpaired) electrons. The predicted octanol–water partition coefficient (Wildman–Crippen LogP) is 3.41. The first-order chi connectivity index (χ1) is 16.4. The van der Waals surface area contributed by atoms with Crippen LogP contribution in [0.25, 0.3) is 0 Å². The van der Waals surface area contributed by atoms with E-state index in [0.717, 1.165) is 23.7 Å². The van der Waals surface area contributed by atoms with E-state index >= 15 is 0 Å². The fourth-order valence-electron chi connectivity index (χ4n) is 2.76. The summed E-state index contributed by atoms with van der Waals surface area (Å²) >= 11 is 6.47. The van der Waals surface area contributed by atoms with Crippen LogP contribution in [0.5, 0.6) is 5.75 Å². The van der Waals surface area contributed by atoms with Crippen LogP contribution in [0, 0.1) is 0 Å². The number of hydrogen-bond acceptors (Lipinski definition) is 8. The van der Waals surface area contributed by atoms with Crippen molar-refractivity contribution in [2.24, 2.45) is 0 Å². The Morgan fingerprint density at radius 3 is 2.37 bits per heavy atom. The van der Waals surface area contributed by atoms with Crippen LogP contribution in [0.3, 0.4) is 0 Å². The van der Waals surface area contributed by atoms with E-state index in [1.165, 1.54) is 19.3 Å². The summed E-state index contributed by atoms with van der Waals surface area (Å²) in [7, 11) is 1.32. The van der Waals surface area contributed by atoms with Crippen molar-refractivity contribution in [1.29, 1.82) is 0 Å². The first-order valence-corrected chi connectivity index (χ1v) is 10.8. The van der Waals surface area contributed by atoms with Gasteiger partial charge in [-0.3, -0.25) is 14.4 Å². The molecule has 3 amide bonds. The van der Waals surface area contributed by atoms with Gasteiger partial charge in [0.25, 0.3) is 17.7 Å². The van der Waals surface area contributed by atoms with Crippen molar-refractivity contribution in [1.82, 2.24) is 25.6 Å². The highest BCUT2D eigenvalue weighted by atomic mass is 35.5. The van der Waals surface area contributed by atoms with E-state index in [1.807, 2.05) is 0 Å². The van der Waals surface area contributed by atoms with E-state index in [1.54, 1.807) is 6.92 Å². The van der Waals surface area contributed by atoms with Crippen LogP contribution in [-0.4, -0.2) is 44.8 Å². The minimum absolute atomic E-state index is 0.0661. The van der Waals surface area contributed by atoms with Crippen LogP contribution in [-0.2, 0) is 6.18 Å². The van der Waals surface area contributed by atoms with E-state index in [2.05, 4.69) is 30.9 Å². The topological polar surface area (TPSA) is 146 Å². The van der Waals surface area contributed by atoms with Crippen LogP contribution >= 0.6 is 22.9 Å². The van der Waals surface area contributed by atoms with Gasteiger partial charge in [-0.1, -0.05) is 11.6 Å². The molecule has 0 spiro atoms. The predicted molar refractivity (Wildman–Crippen MR) is 119 cm³/mol. The largest absolute Gasteiger partial charge is 0.504 e. The Labute approximate surface area is 204 Å². The zero-order valence-electron chi connectivity index (χ0n) is 17.9. The first-order valence-electron chi connectivity index (χ1n) is 9.63. The molecule has 0 saturated carbocycles. The van der Waals surface area contributed by atoms with Gasteiger partial charge >= 0.3 is 6.18 Å². The second-order valence-corrected chi connectivity index (χ2v) is 8.37. The van der Waals surface area contributed by atoms with Gasteiger partial charge in [0.1, 0.15) is 16.2 Å². The maximum atomic E-state index is 13.0. The summed E-state index contributed by atoms with van der Waals surface area (Å²) < 4.78 is 39.1. The lowest BCUT2D eigenvalue weighted by molar-refractivity contribution is -0.137. The normalized spacial score (nSPS) is 12.1. The number of aromatic nitrogens is 3. The molecule has 3 aromatic rings. The lowest BCUT2D eigenvalue weighted by atomic mass is 10.2. The molecule has 0 saturated heterocycles. The smallest absolute Gasteiger partial charge is 0.417 e. The van der Waals surface area contributed by atoms with Gasteiger partial charge in [-0.25, -0.2) is 15.0 Å². The third kappa shape index (κ3) is 5.84. The molecule has 2 aromatic heterocycles. The third-order valence-electron chi connectivity index (χ3n) is 4.47. The standard InChI is InChI=1S/C20H16ClF3N6O4S/c1-8(29-18(34)14-15(31)13(17(33)25-2)27-7-28-14)19-26-6-12(35-19)16(32)30-9-3-4-11(21)10(5-9)20(22,23)24/h3-8,31H,1-2H3,(H,25,33)(H,29,34)(H,30,32)/t8-/m1/s1. The van der Waals surface area contributed by atoms with Gasteiger partial charge < -0.3 is 21.1 Å². The molecule has 0 unspecified atom stereocenters. The maximum absolute atomic E-state index is 13.0. The van der Waals surface area contributed by atoms with Crippen LogP contribution in [0.1, 0.15) is 54.2 Å². The number of thiazole rings is 1. The van der Waals surface area contributed by atoms with Gasteiger partial charge in [0.15, 0.2) is 17.1 Å². The Morgan fingerprint density at radius 1 is 1.09 bits per heavy atom. The molecular weight excluding hydrogens is 513 g/mol. The van der Waals surface area contributed by atoms with E-state index in [-0.39, 0.29) is 21.3 Å². The summed E-state index contributed by atoms with van der Waals surface area (Å²) in [6.45, 7) is 1.55. The average molecular weight is 529 g/mol. The quantitative estimate of drug-likeness (QED) is 0.383. The van der Waals surface area contributed by atoms with E-state index < -0.39 is 52.0 Å². The van der Waals surface area contributed by atoms with Crippen LogP contribution in [0.2, 0.25) is 5.02 Å². The number of nitrogens with one attached hydrogen (secondary N) is 3. The van der Waals surface area contributed by atoms with Crippen molar-refractivity contribution in [3.8, 4) is 5.75 Å². The number of carbonyl (C=O) groups is 3. The molecule has 4 N–H and O–H groups in total. The molecule has 10 nitrogen and oxygen atoms in total. The average Bonchev–Trinajstić information content (AvgIpc) is 3.30. The van der Waals surface area contributed by atoms with Crippen LogP contribution < -0.4 is 16.0 Å². The molecule has 0 aliphatic heterocycles. The molecule has 0 fully saturated rings. The third-order valence-corrected chi connectivity index (χ3v) is 5.98. The number of nitrogens with zero attached hydrogens (tertiary/aromatic N) is 3. The summed E-state index contributed by atoms with van der Waals surface area (Å²) in [5, 5.41) is 17.1. The summed E-state index contributed by atoms with van der Waals surface area (Å²) in [4.78, 5) is 48.2. The van der Waals surface area contributed by atoms with Gasteiger partial charge in [-0.2, -0.15) is 13.2 Å². The number of rotatable bonds is 6. The molecule has 184 valence electrons. The number of alkyl halides is 3. The number of anilines is 1. The van der Waals surface area contributed by atoms with Crippen molar-refractivity contribution in [2.45, 2.75) is 19.1 Å². The highest BCUT2D eigenvalue weighted by Crippen LogP contribution is 2.36.